The summed E-state index contributed by atoms with van der Waals surface area (Å²) in [7, 11) is 0. The molecule has 1 aromatic rings. The van der Waals surface area contributed by atoms with E-state index in [4.69, 9.17) is 23.7 Å². The van der Waals surface area contributed by atoms with Gasteiger partial charge in [-0.2, -0.15) is 0 Å². The first-order valence-corrected chi connectivity index (χ1v) is 15.1. The van der Waals surface area contributed by atoms with Crippen LogP contribution in [0.1, 0.15) is 71.7 Å². The lowest BCUT2D eigenvalue weighted by Gasteiger charge is -2.65. The normalized spacial score (nSPS) is 38.8. The zero-order chi connectivity index (χ0) is 33.3. The van der Waals surface area contributed by atoms with Crippen LogP contribution in [0.2, 0.25) is 0 Å². The van der Waals surface area contributed by atoms with Gasteiger partial charge in [-0.1, -0.05) is 25.1 Å². The Morgan fingerprint density at radius 2 is 1.56 bits per heavy atom. The lowest BCUT2D eigenvalue weighted by molar-refractivity contribution is -0.351. The molecule has 0 amide bonds. The van der Waals surface area contributed by atoms with Crippen molar-refractivity contribution in [3.05, 3.63) is 47.0 Å². The number of carbonyl (C=O) groups excluding carboxylic acids is 4. The summed E-state index contributed by atoms with van der Waals surface area (Å²) in [4.78, 5) is 51.2. The second-order valence-electron chi connectivity index (χ2n) is 13.5. The number of benzene rings is 1. The molecule has 246 valence electrons. The van der Waals surface area contributed by atoms with Crippen LogP contribution in [0.25, 0.3) is 0 Å². The van der Waals surface area contributed by atoms with Gasteiger partial charge < -0.3 is 39.0 Å². The van der Waals surface area contributed by atoms with E-state index in [0.717, 1.165) is 6.92 Å². The average molecular weight is 631 g/mol. The quantitative estimate of drug-likeness (QED) is 0.237. The van der Waals surface area contributed by atoms with Gasteiger partial charge in [-0.25, -0.2) is 4.79 Å². The summed E-state index contributed by atoms with van der Waals surface area (Å²) >= 11 is 0. The van der Waals surface area contributed by atoms with E-state index in [0.29, 0.717) is 5.57 Å². The average Bonchev–Trinajstić information content (AvgIpc) is 3.21. The van der Waals surface area contributed by atoms with Crippen LogP contribution in [-0.4, -0.2) is 93.6 Å². The third kappa shape index (κ3) is 4.79. The maximum atomic E-state index is 13.6. The van der Waals surface area contributed by atoms with Crippen LogP contribution in [-0.2, 0) is 38.1 Å². The van der Waals surface area contributed by atoms with Gasteiger partial charge in [-0.3, -0.25) is 14.4 Å². The molecular weight excluding hydrogens is 588 g/mol. The number of ether oxygens (including phenoxy) is 5. The van der Waals surface area contributed by atoms with Crippen molar-refractivity contribution in [2.45, 2.75) is 109 Å². The minimum Gasteiger partial charge on any atom is -0.458 e. The van der Waals surface area contributed by atoms with Crippen LogP contribution in [0.15, 0.2) is 41.5 Å². The van der Waals surface area contributed by atoms with E-state index in [1.807, 2.05) is 0 Å². The van der Waals surface area contributed by atoms with Gasteiger partial charge in [0.25, 0.3) is 0 Å². The first kappa shape index (κ1) is 33.1. The Morgan fingerprint density at radius 3 is 2.09 bits per heavy atom. The molecule has 0 spiro atoms. The number of hydrogen-bond donors (Lipinski definition) is 3. The molecule has 12 nitrogen and oxygen atoms in total. The zero-order valence-corrected chi connectivity index (χ0v) is 26.6. The second-order valence-corrected chi connectivity index (χ2v) is 13.5. The number of rotatable bonds is 6. The highest BCUT2D eigenvalue weighted by Crippen LogP contribution is 2.68. The van der Waals surface area contributed by atoms with Crippen LogP contribution < -0.4 is 0 Å². The van der Waals surface area contributed by atoms with E-state index in [1.165, 1.54) is 13.8 Å². The van der Waals surface area contributed by atoms with Gasteiger partial charge in [0.15, 0.2) is 11.7 Å². The Bertz CT molecular complexity index is 1420. The van der Waals surface area contributed by atoms with E-state index >= 15 is 0 Å². The van der Waals surface area contributed by atoms with Crippen molar-refractivity contribution >= 4 is 23.9 Å². The molecule has 3 aliphatic carbocycles. The van der Waals surface area contributed by atoms with Gasteiger partial charge in [0.05, 0.1) is 29.8 Å². The van der Waals surface area contributed by atoms with Gasteiger partial charge in [-0.15, -0.1) is 0 Å². The highest BCUT2D eigenvalue weighted by atomic mass is 16.6. The van der Waals surface area contributed by atoms with Crippen molar-refractivity contribution in [1.29, 1.82) is 0 Å². The molecule has 1 aliphatic heterocycles. The predicted octanol–water partition coefficient (Wildman–Crippen LogP) is 2.02. The molecule has 1 heterocycles. The van der Waals surface area contributed by atoms with Crippen LogP contribution in [0, 0.1) is 16.7 Å². The van der Waals surface area contributed by atoms with Crippen molar-refractivity contribution in [3.8, 4) is 0 Å². The third-order valence-corrected chi connectivity index (χ3v) is 10.7. The van der Waals surface area contributed by atoms with Gasteiger partial charge >= 0.3 is 23.9 Å². The van der Waals surface area contributed by atoms with Crippen molar-refractivity contribution in [2.75, 3.05) is 6.61 Å². The fraction of sp³-hybridized carbons (Fsp3) is 0.636. The summed E-state index contributed by atoms with van der Waals surface area (Å²) < 4.78 is 29.5. The fourth-order valence-electron chi connectivity index (χ4n) is 8.65. The Hall–Kier alpha value is -3.32. The van der Waals surface area contributed by atoms with Crippen molar-refractivity contribution in [2.24, 2.45) is 16.7 Å². The highest BCUT2D eigenvalue weighted by molar-refractivity contribution is 5.89. The lowest BCUT2D eigenvalue weighted by Crippen LogP contribution is -2.78. The molecule has 4 aliphatic rings. The topological polar surface area (TPSA) is 175 Å². The maximum Gasteiger partial charge on any atom is 0.338 e. The summed E-state index contributed by atoms with van der Waals surface area (Å²) in [5.41, 5.74) is -5.68. The van der Waals surface area contributed by atoms with E-state index in [2.05, 4.69) is 0 Å². The largest absolute Gasteiger partial charge is 0.458 e. The van der Waals surface area contributed by atoms with Crippen LogP contribution in [0.5, 0.6) is 0 Å². The fourth-order valence-corrected chi connectivity index (χ4v) is 8.65. The number of carbonyl (C=O) groups is 4. The summed E-state index contributed by atoms with van der Waals surface area (Å²) in [6.45, 7) is 9.85. The molecular formula is C33H42O12. The van der Waals surface area contributed by atoms with Crippen LogP contribution >= 0.6 is 0 Å². The van der Waals surface area contributed by atoms with E-state index in [9.17, 15) is 34.5 Å². The predicted molar refractivity (Wildman–Crippen MR) is 155 cm³/mol. The van der Waals surface area contributed by atoms with Crippen molar-refractivity contribution in [3.63, 3.8) is 0 Å². The maximum absolute atomic E-state index is 13.6. The van der Waals surface area contributed by atoms with E-state index in [1.54, 1.807) is 58.0 Å². The molecule has 1 saturated heterocycles. The number of aliphatic hydroxyl groups is 3. The van der Waals surface area contributed by atoms with Crippen LogP contribution in [0.3, 0.4) is 0 Å². The molecule has 5 rings (SSSR count). The molecule has 3 fully saturated rings. The summed E-state index contributed by atoms with van der Waals surface area (Å²) in [5.74, 6) is -3.99. The Morgan fingerprint density at radius 1 is 0.933 bits per heavy atom. The highest BCUT2D eigenvalue weighted by Gasteiger charge is 2.78. The number of aliphatic hydroxyl groups excluding tert-OH is 3. The zero-order valence-electron chi connectivity index (χ0n) is 26.6. The van der Waals surface area contributed by atoms with Crippen LogP contribution in [0.4, 0.5) is 0 Å². The molecule has 0 aromatic heterocycles. The molecule has 1 aromatic carbocycles. The minimum absolute atomic E-state index is 0.0374. The first-order valence-electron chi connectivity index (χ1n) is 15.1. The molecule has 12 heteroatoms. The smallest absolute Gasteiger partial charge is 0.338 e. The van der Waals surface area contributed by atoms with E-state index in [-0.39, 0.29) is 30.6 Å². The van der Waals surface area contributed by atoms with Gasteiger partial charge in [0, 0.05) is 44.9 Å². The third-order valence-electron chi connectivity index (χ3n) is 10.7. The molecule has 3 N–H and O–H groups in total. The van der Waals surface area contributed by atoms with Gasteiger partial charge in [0.1, 0.15) is 23.9 Å². The standard InChI is InChI=1S/C33H42O12/c1-16-21(42-17(2)34)14-32(30(5,6)45-29(40)20-11-9-8-10-12-20)24(16)25(43-18(3)35)27(38)31(7)22(37)13-23-33(15-41-23,44-19(4)36)26(31)28(32)39/h8-12,21-23,25-28,37-39H,13-15H2,1-7H3/t21-,22-,23+,25+,26-,27-,28+,31+,32-,33-/m0/s1. The monoisotopic (exact) mass is 630 g/mol. The molecule has 0 bridgehead atoms. The van der Waals surface area contributed by atoms with Crippen molar-refractivity contribution < 1.29 is 58.2 Å². The van der Waals surface area contributed by atoms with E-state index < -0.39 is 88.5 Å². The number of fused-ring (bicyclic) bond motifs is 4. The Balaban J connectivity index is 1.81. The minimum atomic E-state index is -1.71. The molecule has 2 saturated carbocycles. The summed E-state index contributed by atoms with van der Waals surface area (Å²) in [6, 6.07) is 8.23. The number of hydrogen-bond acceptors (Lipinski definition) is 12. The lowest BCUT2D eigenvalue weighted by atomic mass is 9.49. The molecule has 45 heavy (non-hydrogen) atoms. The SMILES string of the molecule is CC(=O)O[C@H]1C[C@]2(C(C)(C)OC(=O)c3ccccc3)C(=C1C)[C@@H](OC(C)=O)[C@H](O)[C@@]1(C)[C@H]([C@H]2O)[C@]2(OC(C)=O)CO[C@@H]2C[C@@H]1O. The van der Waals surface area contributed by atoms with Gasteiger partial charge in [-0.05, 0) is 44.1 Å². The molecule has 0 radical (unpaired) electrons. The van der Waals surface area contributed by atoms with Gasteiger partial charge in [0.2, 0.25) is 0 Å². The molecule has 0 unspecified atom stereocenters. The van der Waals surface area contributed by atoms with Crippen molar-refractivity contribution in [1.82, 2.24) is 0 Å². The summed E-state index contributed by atoms with van der Waals surface area (Å²) in [6.07, 6.45) is -8.06. The first-order chi connectivity index (χ1) is 20.9. The Labute approximate surface area is 261 Å². The summed E-state index contributed by atoms with van der Waals surface area (Å²) in [5, 5.41) is 37.0. The molecule has 10 atom stereocenters. The number of esters is 4. The Kier molecular flexibility index (Phi) is 8.21. The second kappa shape index (κ2) is 11.2.